The number of nitrogens with one attached hydrogen (secondary N) is 2. The van der Waals surface area contributed by atoms with E-state index in [0.717, 1.165) is 37.0 Å². The van der Waals surface area contributed by atoms with Gasteiger partial charge in [0.05, 0.1) is 11.7 Å². The molecule has 1 saturated carbocycles. The van der Waals surface area contributed by atoms with Crippen molar-refractivity contribution in [2.45, 2.75) is 57.6 Å². The molecule has 1 fully saturated rings. The van der Waals surface area contributed by atoms with E-state index in [1.807, 2.05) is 0 Å². The van der Waals surface area contributed by atoms with E-state index in [1.54, 1.807) is 39.0 Å². The number of aromatic nitrogens is 1. The Balaban J connectivity index is 1.67. The van der Waals surface area contributed by atoms with Crippen molar-refractivity contribution < 1.29 is 18.7 Å². The molecule has 0 aliphatic heterocycles. The third-order valence-electron chi connectivity index (χ3n) is 4.74. The van der Waals surface area contributed by atoms with Gasteiger partial charge in [0, 0.05) is 12.1 Å². The summed E-state index contributed by atoms with van der Waals surface area (Å²) in [5.41, 5.74) is -0.725. The molecule has 8 heteroatoms. The maximum atomic E-state index is 14.0. The molecule has 2 aromatic rings. The number of amides is 2. The second-order valence-electron chi connectivity index (χ2n) is 8.31. The van der Waals surface area contributed by atoms with Crippen LogP contribution in [-0.4, -0.2) is 34.7 Å². The summed E-state index contributed by atoms with van der Waals surface area (Å²) in [6.45, 7) is 5.70. The standard InChI is InChI=1S/C21H26FN3O3S/c1-20(2,3)28-19(27)24-13-21(10-6-7-11-21)25-17(26)16-12-23-18(29-16)14-8-4-5-9-15(14)22/h4-5,8-9,12H,6-7,10-11,13H2,1-3H3,(H,24,27)(H,25,26). The number of benzene rings is 1. The lowest BCUT2D eigenvalue weighted by atomic mass is 9.97. The number of thiazole rings is 1. The Hall–Kier alpha value is -2.48. The Kier molecular flexibility index (Phi) is 6.21. The Morgan fingerprint density at radius 1 is 1.24 bits per heavy atom. The maximum Gasteiger partial charge on any atom is 0.407 e. The summed E-state index contributed by atoms with van der Waals surface area (Å²) >= 11 is 1.15. The highest BCUT2D eigenvalue weighted by molar-refractivity contribution is 7.16. The largest absolute Gasteiger partial charge is 0.444 e. The number of nitrogens with zero attached hydrogens (tertiary/aromatic N) is 1. The molecule has 29 heavy (non-hydrogen) atoms. The number of carbonyl (C=O) groups excluding carboxylic acids is 2. The van der Waals surface area contributed by atoms with Crippen LogP contribution in [0.15, 0.2) is 30.5 Å². The van der Waals surface area contributed by atoms with Crippen LogP contribution in [0.4, 0.5) is 9.18 Å². The first-order valence-electron chi connectivity index (χ1n) is 9.68. The number of rotatable bonds is 5. The molecule has 0 atom stereocenters. The van der Waals surface area contributed by atoms with E-state index >= 15 is 0 Å². The van der Waals surface area contributed by atoms with Crippen molar-refractivity contribution in [3.63, 3.8) is 0 Å². The molecule has 0 unspecified atom stereocenters. The van der Waals surface area contributed by atoms with Crippen molar-refractivity contribution in [3.8, 4) is 10.6 Å². The summed E-state index contributed by atoms with van der Waals surface area (Å²) in [7, 11) is 0. The topological polar surface area (TPSA) is 80.3 Å². The Morgan fingerprint density at radius 2 is 1.93 bits per heavy atom. The molecule has 156 valence electrons. The van der Waals surface area contributed by atoms with Gasteiger partial charge in [0.25, 0.3) is 5.91 Å². The van der Waals surface area contributed by atoms with Crippen molar-refractivity contribution in [1.82, 2.24) is 15.6 Å². The van der Waals surface area contributed by atoms with Crippen molar-refractivity contribution in [2.24, 2.45) is 0 Å². The van der Waals surface area contributed by atoms with Crippen LogP contribution in [0.5, 0.6) is 0 Å². The zero-order chi connectivity index (χ0) is 21.1. The monoisotopic (exact) mass is 419 g/mol. The third kappa shape index (κ3) is 5.53. The predicted molar refractivity (Wildman–Crippen MR) is 110 cm³/mol. The second kappa shape index (κ2) is 8.49. The first-order valence-corrected chi connectivity index (χ1v) is 10.5. The smallest absolute Gasteiger partial charge is 0.407 e. The fourth-order valence-electron chi connectivity index (χ4n) is 3.39. The number of hydrogen-bond acceptors (Lipinski definition) is 5. The zero-order valence-electron chi connectivity index (χ0n) is 16.9. The lowest BCUT2D eigenvalue weighted by molar-refractivity contribution is 0.0505. The van der Waals surface area contributed by atoms with E-state index in [4.69, 9.17) is 4.74 Å². The van der Waals surface area contributed by atoms with Gasteiger partial charge >= 0.3 is 6.09 Å². The average Bonchev–Trinajstić information content (AvgIpc) is 3.29. The van der Waals surface area contributed by atoms with Gasteiger partial charge in [-0.1, -0.05) is 25.0 Å². The molecule has 0 spiro atoms. The first-order chi connectivity index (χ1) is 13.7. The molecular weight excluding hydrogens is 393 g/mol. The molecule has 1 aromatic carbocycles. The highest BCUT2D eigenvalue weighted by Gasteiger charge is 2.36. The number of halogens is 1. The van der Waals surface area contributed by atoms with Crippen LogP contribution in [0, 0.1) is 5.82 Å². The summed E-state index contributed by atoms with van der Waals surface area (Å²) in [5, 5.41) is 6.31. The molecule has 2 N–H and O–H groups in total. The molecule has 1 aliphatic rings. The molecular formula is C21H26FN3O3S. The Morgan fingerprint density at radius 3 is 2.59 bits per heavy atom. The van der Waals surface area contributed by atoms with Crippen molar-refractivity contribution in [1.29, 1.82) is 0 Å². The molecule has 1 aromatic heterocycles. The van der Waals surface area contributed by atoms with Gasteiger partial charge in [-0.25, -0.2) is 14.2 Å². The number of carbonyl (C=O) groups is 2. The van der Waals surface area contributed by atoms with Gasteiger partial charge in [-0.05, 0) is 45.7 Å². The van der Waals surface area contributed by atoms with Crippen molar-refractivity contribution >= 4 is 23.3 Å². The van der Waals surface area contributed by atoms with E-state index < -0.39 is 17.2 Å². The zero-order valence-corrected chi connectivity index (χ0v) is 17.7. The lowest BCUT2D eigenvalue weighted by Gasteiger charge is -2.31. The van der Waals surface area contributed by atoms with Gasteiger partial charge in [-0.2, -0.15) is 0 Å². The van der Waals surface area contributed by atoms with Crippen LogP contribution in [0.3, 0.4) is 0 Å². The first kappa shape index (κ1) is 21.2. The van der Waals surface area contributed by atoms with E-state index in [1.165, 1.54) is 12.3 Å². The van der Waals surface area contributed by atoms with Crippen LogP contribution in [0.1, 0.15) is 56.1 Å². The quantitative estimate of drug-likeness (QED) is 0.747. The molecule has 1 aliphatic carbocycles. The van der Waals surface area contributed by atoms with Gasteiger partial charge in [-0.3, -0.25) is 4.79 Å². The molecule has 2 amide bonds. The number of alkyl carbamates (subject to hydrolysis) is 1. The van der Waals surface area contributed by atoms with Gasteiger partial charge in [-0.15, -0.1) is 11.3 Å². The fraction of sp³-hybridized carbons (Fsp3) is 0.476. The molecule has 0 saturated heterocycles. The Bertz CT molecular complexity index is 885. The van der Waals surface area contributed by atoms with Gasteiger partial charge in [0.1, 0.15) is 21.3 Å². The van der Waals surface area contributed by atoms with Crippen LogP contribution < -0.4 is 10.6 Å². The van der Waals surface area contributed by atoms with E-state index in [9.17, 15) is 14.0 Å². The highest BCUT2D eigenvalue weighted by atomic mass is 32.1. The molecule has 6 nitrogen and oxygen atoms in total. The van der Waals surface area contributed by atoms with E-state index in [2.05, 4.69) is 15.6 Å². The van der Waals surface area contributed by atoms with Crippen LogP contribution in [0.25, 0.3) is 10.6 Å². The summed E-state index contributed by atoms with van der Waals surface area (Å²) in [6, 6.07) is 6.35. The molecule has 3 rings (SSSR count). The van der Waals surface area contributed by atoms with Crippen molar-refractivity contribution in [2.75, 3.05) is 6.54 Å². The summed E-state index contributed by atoms with van der Waals surface area (Å²) in [4.78, 5) is 29.5. The summed E-state index contributed by atoms with van der Waals surface area (Å²) in [5.74, 6) is -0.638. The van der Waals surface area contributed by atoms with Crippen LogP contribution in [-0.2, 0) is 4.74 Å². The third-order valence-corrected chi connectivity index (χ3v) is 5.77. The predicted octanol–water partition coefficient (Wildman–Crippen LogP) is 4.52. The average molecular weight is 420 g/mol. The van der Waals surface area contributed by atoms with Crippen LogP contribution in [0.2, 0.25) is 0 Å². The van der Waals surface area contributed by atoms with E-state index in [0.29, 0.717) is 22.0 Å². The minimum atomic E-state index is -0.581. The van der Waals surface area contributed by atoms with E-state index in [-0.39, 0.29) is 11.7 Å². The minimum Gasteiger partial charge on any atom is -0.444 e. The number of hydrogen-bond donors (Lipinski definition) is 2. The van der Waals surface area contributed by atoms with Gasteiger partial charge in [0.2, 0.25) is 0 Å². The van der Waals surface area contributed by atoms with Crippen molar-refractivity contribution in [3.05, 3.63) is 41.2 Å². The maximum absolute atomic E-state index is 14.0. The van der Waals surface area contributed by atoms with Gasteiger partial charge < -0.3 is 15.4 Å². The minimum absolute atomic E-state index is 0.266. The summed E-state index contributed by atoms with van der Waals surface area (Å²) in [6.07, 6.45) is 4.45. The van der Waals surface area contributed by atoms with Crippen LogP contribution >= 0.6 is 11.3 Å². The molecule has 0 bridgehead atoms. The normalized spacial score (nSPS) is 15.7. The second-order valence-corrected chi connectivity index (χ2v) is 9.34. The SMILES string of the molecule is CC(C)(C)OC(=O)NCC1(NC(=O)c2cnc(-c3ccccc3F)s2)CCCC1. The fourth-order valence-corrected chi connectivity index (χ4v) is 4.23. The summed E-state index contributed by atoms with van der Waals surface area (Å²) < 4.78 is 19.3. The van der Waals surface area contributed by atoms with Gasteiger partial charge in [0.15, 0.2) is 0 Å². The Labute approximate surface area is 173 Å². The number of ether oxygens (including phenoxy) is 1. The molecule has 0 radical (unpaired) electrons. The lowest BCUT2D eigenvalue weighted by Crippen LogP contribution is -2.54. The highest BCUT2D eigenvalue weighted by Crippen LogP contribution is 2.31. The molecule has 1 heterocycles.